The first-order chi connectivity index (χ1) is 28.5. The maximum absolute atomic E-state index is 10.9. The van der Waals surface area contributed by atoms with Crippen LogP contribution in [0.1, 0.15) is 201 Å². The summed E-state index contributed by atoms with van der Waals surface area (Å²) in [6, 6.07) is 0. The highest BCUT2D eigenvalue weighted by atomic mass is 16.4. The number of ketones is 1. The monoisotopic (exact) mass is 797 g/mol. The quantitative estimate of drug-likeness (QED) is 0.0498. The van der Waals surface area contributed by atoms with Crippen molar-refractivity contribution in [1.29, 1.82) is 0 Å². The van der Waals surface area contributed by atoms with Crippen LogP contribution in [0, 0.1) is 0 Å². The van der Waals surface area contributed by atoms with Crippen molar-refractivity contribution in [2.75, 3.05) is 0 Å². The SMILES string of the molecule is CC/C=C\C/C=C\C/C=C\C/C=C\C/C=C\C/C=C\CCCCCCCC(=O)O.CC/C=C\C/C=C\C/C=C\C/C=C\C/C=C\CCCCCCCCCCC(C)=O. The second-order valence-corrected chi connectivity index (χ2v) is 14.9. The van der Waals surface area contributed by atoms with Crippen molar-refractivity contribution in [3.63, 3.8) is 0 Å². The lowest BCUT2D eigenvalue weighted by atomic mass is 10.1. The van der Waals surface area contributed by atoms with E-state index in [1.54, 1.807) is 6.92 Å². The summed E-state index contributed by atoms with van der Waals surface area (Å²) in [6.07, 6.45) is 79.8. The second kappa shape index (κ2) is 53.3. The Morgan fingerprint density at radius 2 is 0.534 bits per heavy atom. The molecular formula is C55H88O3. The van der Waals surface area contributed by atoms with Crippen LogP contribution in [0.3, 0.4) is 0 Å². The molecular weight excluding hydrogens is 709 g/mol. The molecule has 0 heterocycles. The van der Waals surface area contributed by atoms with Crippen molar-refractivity contribution in [3.8, 4) is 0 Å². The van der Waals surface area contributed by atoms with Crippen molar-refractivity contribution >= 4 is 11.8 Å². The average molecular weight is 797 g/mol. The van der Waals surface area contributed by atoms with E-state index in [-0.39, 0.29) is 0 Å². The average Bonchev–Trinajstić information content (AvgIpc) is 3.21. The topological polar surface area (TPSA) is 54.4 Å². The van der Waals surface area contributed by atoms with Crippen LogP contribution in [-0.2, 0) is 9.59 Å². The minimum absolute atomic E-state index is 0.313. The maximum atomic E-state index is 10.9. The van der Waals surface area contributed by atoms with E-state index in [0.717, 1.165) is 109 Å². The molecule has 0 rings (SSSR count). The number of carbonyl (C=O) groups is 2. The number of carboxylic acids is 1. The molecule has 3 nitrogen and oxygen atoms in total. The molecule has 0 spiro atoms. The van der Waals surface area contributed by atoms with Crippen LogP contribution in [0.25, 0.3) is 0 Å². The third-order valence-corrected chi connectivity index (χ3v) is 9.17. The number of hydrogen-bond donors (Lipinski definition) is 1. The Kier molecular flexibility index (Phi) is 51.8. The lowest BCUT2D eigenvalue weighted by molar-refractivity contribution is -0.137. The molecule has 58 heavy (non-hydrogen) atoms. The van der Waals surface area contributed by atoms with Gasteiger partial charge >= 0.3 is 5.97 Å². The fraction of sp³-hybridized carbons (Fsp3) is 0.564. The van der Waals surface area contributed by atoms with Crippen LogP contribution < -0.4 is 0 Å². The van der Waals surface area contributed by atoms with E-state index in [4.69, 9.17) is 5.11 Å². The predicted octanol–water partition coefficient (Wildman–Crippen LogP) is 17.7. The van der Waals surface area contributed by atoms with Gasteiger partial charge < -0.3 is 9.90 Å². The fourth-order valence-electron chi connectivity index (χ4n) is 5.77. The summed E-state index contributed by atoms with van der Waals surface area (Å²) in [4.78, 5) is 21.3. The van der Waals surface area contributed by atoms with Crippen LogP contribution in [0.15, 0.2) is 134 Å². The van der Waals surface area contributed by atoms with Crippen LogP contribution in [0.4, 0.5) is 0 Å². The van der Waals surface area contributed by atoms with Gasteiger partial charge in [0.1, 0.15) is 5.78 Å². The number of Topliss-reactive ketones (excluding diaryl/α,β-unsaturated/α-hetero) is 1. The van der Waals surface area contributed by atoms with Crippen molar-refractivity contribution in [3.05, 3.63) is 134 Å². The van der Waals surface area contributed by atoms with Gasteiger partial charge in [-0.1, -0.05) is 205 Å². The first-order valence-electron chi connectivity index (χ1n) is 23.4. The van der Waals surface area contributed by atoms with Crippen molar-refractivity contribution < 1.29 is 14.7 Å². The van der Waals surface area contributed by atoms with Crippen molar-refractivity contribution in [1.82, 2.24) is 0 Å². The summed E-state index contributed by atoms with van der Waals surface area (Å²) in [5, 5.41) is 8.57. The lowest BCUT2D eigenvalue weighted by Crippen LogP contribution is -1.93. The van der Waals surface area contributed by atoms with Gasteiger partial charge in [0.05, 0.1) is 0 Å². The van der Waals surface area contributed by atoms with E-state index in [0.29, 0.717) is 12.2 Å². The third-order valence-electron chi connectivity index (χ3n) is 9.17. The Balaban J connectivity index is 0. The molecule has 3 heteroatoms. The Hall–Kier alpha value is -3.72. The van der Waals surface area contributed by atoms with Gasteiger partial charge in [-0.15, -0.1) is 0 Å². The van der Waals surface area contributed by atoms with Gasteiger partial charge in [0.15, 0.2) is 0 Å². The van der Waals surface area contributed by atoms with E-state index in [2.05, 4.69) is 148 Å². The van der Waals surface area contributed by atoms with Crippen LogP contribution in [0.5, 0.6) is 0 Å². The molecule has 0 aromatic heterocycles. The standard InChI is InChI=1S/C28H46O.C27H42O2/c1-3-4-5-6-7-8-9-10-11-12-13-14-15-16-17-18-19-20-21-22-23-24-25-26-27-28(2)29;1-2-3-4-5-6-7-8-9-10-11-12-13-14-15-16-17-18-19-20-21-22-23-24-25-26-27(28)29/h4-5,7-8,10-11,13-14,16-17H,3,6,9,12,15,18-27H2,1-2H3;3-4,6-7,9-10,12-13,15-16,18-19H,2,5,8,11,14,17,20-26H2,1H3,(H,28,29)/b5-4-,8-7-,11-10-,14-13-,17-16-;4-3-,7-6-,10-9-,13-12-,16-15-,19-18-. The molecule has 0 bridgehead atoms. The summed E-state index contributed by atoms with van der Waals surface area (Å²) in [7, 11) is 0. The Morgan fingerprint density at radius 1 is 0.310 bits per heavy atom. The Morgan fingerprint density at radius 3 is 0.793 bits per heavy atom. The summed E-state index contributed by atoms with van der Waals surface area (Å²) in [5.74, 6) is -0.344. The Labute approximate surface area is 359 Å². The van der Waals surface area contributed by atoms with Gasteiger partial charge in [-0.25, -0.2) is 0 Å². The first kappa shape index (κ1) is 56.4. The molecule has 0 atom stereocenters. The molecule has 0 aromatic carbocycles. The lowest BCUT2D eigenvalue weighted by Gasteiger charge is -2.01. The number of unbranched alkanes of at least 4 members (excludes halogenated alkanes) is 13. The van der Waals surface area contributed by atoms with E-state index in [1.807, 2.05) is 0 Å². The zero-order chi connectivity index (χ0) is 42.5. The molecule has 0 saturated carbocycles. The number of allylic oxidation sites excluding steroid dienone is 22. The minimum atomic E-state index is -0.678. The highest BCUT2D eigenvalue weighted by molar-refractivity contribution is 5.75. The predicted molar refractivity (Wildman–Crippen MR) is 259 cm³/mol. The number of rotatable bonds is 39. The molecule has 0 saturated heterocycles. The van der Waals surface area contributed by atoms with Crippen molar-refractivity contribution in [2.45, 2.75) is 201 Å². The molecule has 0 fully saturated rings. The van der Waals surface area contributed by atoms with E-state index < -0.39 is 5.97 Å². The van der Waals surface area contributed by atoms with E-state index in [9.17, 15) is 9.59 Å². The fourth-order valence-corrected chi connectivity index (χ4v) is 5.77. The smallest absolute Gasteiger partial charge is 0.303 e. The van der Waals surface area contributed by atoms with Gasteiger partial charge in [-0.05, 0) is 116 Å². The zero-order valence-electron chi connectivity index (χ0n) is 37.8. The molecule has 0 amide bonds. The molecule has 0 unspecified atom stereocenters. The molecule has 326 valence electrons. The molecule has 0 aliphatic rings. The van der Waals surface area contributed by atoms with Gasteiger partial charge in [-0.3, -0.25) is 4.79 Å². The number of carbonyl (C=O) groups excluding carboxylic acids is 1. The van der Waals surface area contributed by atoms with E-state index in [1.165, 1.54) is 64.2 Å². The van der Waals surface area contributed by atoms with Crippen LogP contribution in [-0.4, -0.2) is 16.9 Å². The molecule has 1 N–H and O–H groups in total. The zero-order valence-corrected chi connectivity index (χ0v) is 37.8. The third kappa shape index (κ3) is 59.0. The van der Waals surface area contributed by atoms with Gasteiger partial charge in [0.2, 0.25) is 0 Å². The Bertz CT molecular complexity index is 1210. The molecule has 0 aromatic rings. The molecule has 0 aliphatic carbocycles. The summed E-state index contributed by atoms with van der Waals surface area (Å²) in [6.45, 7) is 6.01. The highest BCUT2D eigenvalue weighted by Gasteiger charge is 1.96. The first-order valence-corrected chi connectivity index (χ1v) is 23.4. The summed E-state index contributed by atoms with van der Waals surface area (Å²) in [5.41, 5.74) is 0. The van der Waals surface area contributed by atoms with Gasteiger partial charge in [0.25, 0.3) is 0 Å². The largest absolute Gasteiger partial charge is 0.481 e. The summed E-state index contributed by atoms with van der Waals surface area (Å²) >= 11 is 0. The van der Waals surface area contributed by atoms with Crippen LogP contribution >= 0.6 is 0 Å². The second-order valence-electron chi connectivity index (χ2n) is 14.9. The number of carboxylic acid groups (broad SMARTS) is 1. The highest BCUT2D eigenvalue weighted by Crippen LogP contribution is 2.11. The van der Waals surface area contributed by atoms with Gasteiger partial charge in [-0.2, -0.15) is 0 Å². The normalized spacial score (nSPS) is 12.7. The van der Waals surface area contributed by atoms with Crippen LogP contribution in [0.2, 0.25) is 0 Å². The van der Waals surface area contributed by atoms with Crippen molar-refractivity contribution in [2.24, 2.45) is 0 Å². The van der Waals surface area contributed by atoms with E-state index >= 15 is 0 Å². The number of aliphatic carboxylic acids is 1. The summed E-state index contributed by atoms with van der Waals surface area (Å²) < 4.78 is 0. The molecule has 0 aliphatic heterocycles. The minimum Gasteiger partial charge on any atom is -0.481 e. The van der Waals surface area contributed by atoms with Gasteiger partial charge in [0, 0.05) is 12.8 Å². The number of hydrogen-bond acceptors (Lipinski definition) is 2. The maximum Gasteiger partial charge on any atom is 0.303 e. The molecule has 0 radical (unpaired) electrons.